The maximum atomic E-state index is 12.3. The monoisotopic (exact) mass is 400 g/mol. The SMILES string of the molecule is CC/C=C(OC)/C(=C\c1cnc(Cl)cc1C)C1=CNC(C(=O)CCC)C=C1C. The van der Waals surface area contributed by atoms with Crippen LogP contribution in [-0.2, 0) is 9.53 Å². The van der Waals surface area contributed by atoms with Gasteiger partial charge < -0.3 is 10.1 Å². The minimum Gasteiger partial charge on any atom is -0.496 e. The van der Waals surface area contributed by atoms with E-state index < -0.39 is 0 Å². The van der Waals surface area contributed by atoms with Crippen LogP contribution in [0, 0.1) is 6.92 Å². The number of dihydropyridines is 1. The predicted molar refractivity (Wildman–Crippen MR) is 116 cm³/mol. The number of hydrogen-bond donors (Lipinski definition) is 1. The molecule has 0 saturated heterocycles. The van der Waals surface area contributed by atoms with Gasteiger partial charge in [-0.15, -0.1) is 0 Å². The van der Waals surface area contributed by atoms with Gasteiger partial charge in [-0.05, 0) is 61.6 Å². The van der Waals surface area contributed by atoms with Crippen molar-refractivity contribution in [3.05, 3.63) is 69.4 Å². The van der Waals surface area contributed by atoms with E-state index in [0.717, 1.165) is 46.4 Å². The summed E-state index contributed by atoms with van der Waals surface area (Å²) < 4.78 is 5.69. The molecule has 1 aromatic rings. The quantitative estimate of drug-likeness (QED) is 0.353. The van der Waals surface area contributed by atoms with Gasteiger partial charge in [0.1, 0.15) is 17.0 Å². The first-order valence-corrected chi connectivity index (χ1v) is 10.1. The first-order chi connectivity index (χ1) is 13.4. The Morgan fingerprint density at radius 1 is 1.36 bits per heavy atom. The van der Waals surface area contributed by atoms with Crippen molar-refractivity contribution in [2.45, 2.75) is 53.0 Å². The number of Topliss-reactive ketones (excluding diaryl/α,β-unsaturated/α-hetero) is 1. The largest absolute Gasteiger partial charge is 0.496 e. The fraction of sp³-hybridized carbons (Fsp3) is 0.391. The molecule has 0 spiro atoms. The zero-order chi connectivity index (χ0) is 20.7. The fourth-order valence-electron chi connectivity index (χ4n) is 3.16. The topological polar surface area (TPSA) is 51.2 Å². The molecule has 2 heterocycles. The van der Waals surface area contributed by atoms with Crippen LogP contribution in [0.15, 0.2) is 53.1 Å². The van der Waals surface area contributed by atoms with E-state index in [2.05, 4.69) is 23.3 Å². The molecule has 0 aliphatic carbocycles. The number of pyridine rings is 1. The Kier molecular flexibility index (Phi) is 8.06. The number of carbonyl (C=O) groups excluding carboxylic acids is 1. The Hall–Kier alpha value is -2.33. The van der Waals surface area contributed by atoms with Gasteiger partial charge in [0.2, 0.25) is 0 Å². The molecule has 28 heavy (non-hydrogen) atoms. The second-order valence-corrected chi connectivity index (χ2v) is 7.26. The third-order valence-corrected chi connectivity index (χ3v) is 4.88. The second-order valence-electron chi connectivity index (χ2n) is 6.87. The molecule has 1 aliphatic heterocycles. The summed E-state index contributed by atoms with van der Waals surface area (Å²) in [5.74, 6) is 0.993. The van der Waals surface area contributed by atoms with Crippen LogP contribution in [0.5, 0.6) is 0 Å². The van der Waals surface area contributed by atoms with Crippen molar-refractivity contribution >= 4 is 23.5 Å². The van der Waals surface area contributed by atoms with Crippen molar-refractivity contribution < 1.29 is 9.53 Å². The molecule has 4 nitrogen and oxygen atoms in total. The number of methoxy groups -OCH3 is 1. The van der Waals surface area contributed by atoms with Gasteiger partial charge in [-0.25, -0.2) is 4.98 Å². The van der Waals surface area contributed by atoms with E-state index >= 15 is 0 Å². The van der Waals surface area contributed by atoms with Crippen LogP contribution in [0.4, 0.5) is 0 Å². The molecule has 5 heteroatoms. The summed E-state index contributed by atoms with van der Waals surface area (Å²) in [6, 6.07) is 1.57. The molecular formula is C23H29ClN2O2. The van der Waals surface area contributed by atoms with E-state index in [0.29, 0.717) is 11.6 Å². The molecule has 1 atom stereocenters. The lowest BCUT2D eigenvalue weighted by Gasteiger charge is -2.24. The number of nitrogens with one attached hydrogen (secondary N) is 1. The standard InChI is InChI=1S/C23H29ClN2O2/c1-6-8-21(27)20-10-16(4)19(14-25-20)18(22(28-5)9-7-2)12-17-13-26-23(24)11-15(17)3/h9-14,20,25H,6-8H2,1-5H3/b18-12-,22-9-. The first kappa shape index (κ1) is 22.0. The number of halogens is 1. The third kappa shape index (κ3) is 5.35. The predicted octanol–water partition coefficient (Wildman–Crippen LogP) is 5.54. The summed E-state index contributed by atoms with van der Waals surface area (Å²) in [4.78, 5) is 16.5. The molecule has 0 amide bonds. The molecule has 0 saturated carbocycles. The van der Waals surface area contributed by atoms with Gasteiger partial charge >= 0.3 is 0 Å². The second kappa shape index (κ2) is 10.3. The zero-order valence-electron chi connectivity index (χ0n) is 17.3. The number of rotatable bonds is 8. The van der Waals surface area contributed by atoms with Crippen molar-refractivity contribution in [2.24, 2.45) is 0 Å². The number of ketones is 1. The number of ether oxygens (including phenoxy) is 1. The normalized spacial score (nSPS) is 17.6. The molecule has 2 rings (SSSR count). The highest BCUT2D eigenvalue weighted by Gasteiger charge is 2.22. The summed E-state index contributed by atoms with van der Waals surface area (Å²) in [6.45, 7) is 8.12. The molecule has 1 aliphatic rings. The number of aryl methyl sites for hydroxylation is 1. The van der Waals surface area contributed by atoms with Crippen LogP contribution in [0.1, 0.15) is 51.2 Å². The molecule has 1 N–H and O–H groups in total. The minimum atomic E-state index is -0.273. The van der Waals surface area contributed by atoms with Crippen LogP contribution >= 0.6 is 11.6 Å². The summed E-state index contributed by atoms with van der Waals surface area (Å²) in [7, 11) is 1.67. The van der Waals surface area contributed by atoms with Gasteiger partial charge in [0.05, 0.1) is 7.11 Å². The molecule has 1 unspecified atom stereocenters. The molecule has 150 valence electrons. The molecule has 0 fully saturated rings. The number of aromatic nitrogens is 1. The van der Waals surface area contributed by atoms with E-state index in [1.807, 2.05) is 45.2 Å². The lowest BCUT2D eigenvalue weighted by atomic mass is 9.90. The maximum Gasteiger partial charge on any atom is 0.158 e. The Labute approximate surface area is 173 Å². The zero-order valence-corrected chi connectivity index (χ0v) is 18.1. The highest BCUT2D eigenvalue weighted by molar-refractivity contribution is 6.29. The van der Waals surface area contributed by atoms with Crippen molar-refractivity contribution in [1.82, 2.24) is 10.3 Å². The van der Waals surface area contributed by atoms with Crippen LogP contribution < -0.4 is 5.32 Å². The number of allylic oxidation sites excluding steroid dienone is 3. The van der Waals surface area contributed by atoms with Gasteiger partial charge in [-0.3, -0.25) is 4.79 Å². The fourth-order valence-corrected chi connectivity index (χ4v) is 3.37. The maximum absolute atomic E-state index is 12.3. The number of hydrogen-bond acceptors (Lipinski definition) is 4. The van der Waals surface area contributed by atoms with Crippen LogP contribution in [-0.4, -0.2) is 23.9 Å². The van der Waals surface area contributed by atoms with Gasteiger partial charge in [0.25, 0.3) is 0 Å². The van der Waals surface area contributed by atoms with Crippen LogP contribution in [0.25, 0.3) is 6.08 Å². The van der Waals surface area contributed by atoms with Crippen LogP contribution in [0.2, 0.25) is 5.15 Å². The van der Waals surface area contributed by atoms with Crippen molar-refractivity contribution in [3.63, 3.8) is 0 Å². The molecule has 0 aromatic carbocycles. The van der Waals surface area contributed by atoms with Crippen molar-refractivity contribution in [3.8, 4) is 0 Å². The molecule has 1 aromatic heterocycles. The Bertz CT molecular complexity index is 850. The Morgan fingerprint density at radius 2 is 2.11 bits per heavy atom. The number of nitrogens with zero attached hydrogens (tertiary/aromatic N) is 1. The van der Waals surface area contributed by atoms with E-state index in [4.69, 9.17) is 16.3 Å². The summed E-state index contributed by atoms with van der Waals surface area (Å²) in [6.07, 6.45) is 12.0. The Balaban J connectivity index is 2.49. The van der Waals surface area contributed by atoms with Gasteiger partial charge in [0.15, 0.2) is 5.78 Å². The number of carbonyl (C=O) groups is 1. The molecule has 0 radical (unpaired) electrons. The average molecular weight is 401 g/mol. The van der Waals surface area contributed by atoms with Crippen molar-refractivity contribution in [2.75, 3.05) is 7.11 Å². The third-order valence-electron chi connectivity index (χ3n) is 4.67. The summed E-state index contributed by atoms with van der Waals surface area (Å²) in [5, 5.41) is 3.72. The van der Waals surface area contributed by atoms with E-state index in [9.17, 15) is 4.79 Å². The van der Waals surface area contributed by atoms with Gasteiger partial charge in [0, 0.05) is 30.0 Å². The summed E-state index contributed by atoms with van der Waals surface area (Å²) in [5.41, 5.74) is 4.98. The molecular weight excluding hydrogens is 372 g/mol. The average Bonchev–Trinajstić information content (AvgIpc) is 2.66. The molecule has 0 bridgehead atoms. The van der Waals surface area contributed by atoms with E-state index in [-0.39, 0.29) is 11.8 Å². The summed E-state index contributed by atoms with van der Waals surface area (Å²) >= 11 is 6.01. The van der Waals surface area contributed by atoms with Gasteiger partial charge in [-0.1, -0.05) is 31.5 Å². The Morgan fingerprint density at radius 3 is 2.68 bits per heavy atom. The highest BCUT2D eigenvalue weighted by atomic mass is 35.5. The van der Waals surface area contributed by atoms with E-state index in [1.165, 1.54) is 0 Å². The smallest absolute Gasteiger partial charge is 0.158 e. The van der Waals surface area contributed by atoms with Crippen LogP contribution in [0.3, 0.4) is 0 Å². The lowest BCUT2D eigenvalue weighted by molar-refractivity contribution is -0.119. The first-order valence-electron chi connectivity index (χ1n) is 9.67. The minimum absolute atomic E-state index is 0.205. The lowest BCUT2D eigenvalue weighted by Crippen LogP contribution is -2.34. The highest BCUT2D eigenvalue weighted by Crippen LogP contribution is 2.31. The van der Waals surface area contributed by atoms with E-state index in [1.54, 1.807) is 13.3 Å². The van der Waals surface area contributed by atoms with Crippen molar-refractivity contribution in [1.29, 1.82) is 0 Å². The van der Waals surface area contributed by atoms with Gasteiger partial charge in [-0.2, -0.15) is 0 Å².